The van der Waals surface area contributed by atoms with Crippen molar-refractivity contribution < 1.29 is 9.50 Å². The molecule has 0 aliphatic heterocycles. The molecule has 1 aromatic carbocycles. The van der Waals surface area contributed by atoms with Gasteiger partial charge in [-0.05, 0) is 25.5 Å². The topological polar surface area (TPSA) is 58.3 Å². The molecule has 0 amide bonds. The van der Waals surface area contributed by atoms with Gasteiger partial charge in [-0.25, -0.2) is 4.39 Å². The number of aliphatic hydroxyl groups is 1. The predicted molar refractivity (Wildman–Crippen MR) is 51.0 cm³/mol. The summed E-state index contributed by atoms with van der Waals surface area (Å²) in [7, 11) is 0. The van der Waals surface area contributed by atoms with Crippen LogP contribution in [0.4, 0.5) is 15.8 Å². The SMILES string of the molecule is Cc1cc(N)c(NCO)c(C)c1F. The fourth-order valence-electron chi connectivity index (χ4n) is 1.30. The molecule has 13 heavy (non-hydrogen) atoms. The third kappa shape index (κ3) is 1.72. The highest BCUT2D eigenvalue weighted by Crippen LogP contribution is 2.27. The summed E-state index contributed by atoms with van der Waals surface area (Å²) in [5.74, 6) is -0.287. The molecule has 1 aromatic rings. The standard InChI is InChI=1S/C9H13FN2O/c1-5-3-7(11)9(12-4-13)6(2)8(5)10/h3,12-13H,4,11H2,1-2H3. The number of hydrogen-bond acceptors (Lipinski definition) is 3. The second kappa shape index (κ2) is 3.62. The maximum Gasteiger partial charge on any atom is 0.131 e. The van der Waals surface area contributed by atoms with Gasteiger partial charge in [-0.3, -0.25) is 0 Å². The average molecular weight is 184 g/mol. The van der Waals surface area contributed by atoms with Crippen molar-refractivity contribution in [2.24, 2.45) is 0 Å². The molecule has 0 heterocycles. The number of halogens is 1. The molecule has 0 radical (unpaired) electrons. The highest BCUT2D eigenvalue weighted by atomic mass is 19.1. The first kappa shape index (κ1) is 9.80. The van der Waals surface area contributed by atoms with Gasteiger partial charge in [-0.2, -0.15) is 0 Å². The van der Waals surface area contributed by atoms with Crippen molar-refractivity contribution in [2.45, 2.75) is 13.8 Å². The van der Waals surface area contributed by atoms with Gasteiger partial charge in [-0.15, -0.1) is 0 Å². The minimum atomic E-state index is -0.287. The zero-order valence-electron chi connectivity index (χ0n) is 7.69. The normalized spacial score (nSPS) is 10.2. The van der Waals surface area contributed by atoms with Crippen LogP contribution in [0.3, 0.4) is 0 Å². The van der Waals surface area contributed by atoms with E-state index < -0.39 is 0 Å². The van der Waals surface area contributed by atoms with Crippen LogP contribution in [0.1, 0.15) is 11.1 Å². The first-order valence-corrected chi connectivity index (χ1v) is 3.97. The van der Waals surface area contributed by atoms with E-state index in [1.54, 1.807) is 19.9 Å². The number of nitrogens with one attached hydrogen (secondary N) is 1. The largest absolute Gasteiger partial charge is 0.397 e. The summed E-state index contributed by atoms with van der Waals surface area (Å²) in [5, 5.41) is 11.2. The zero-order valence-corrected chi connectivity index (χ0v) is 7.69. The lowest BCUT2D eigenvalue weighted by Gasteiger charge is -2.12. The summed E-state index contributed by atoms with van der Waals surface area (Å²) in [6.07, 6.45) is 0. The Bertz CT molecular complexity index is 326. The molecule has 0 fully saturated rings. The van der Waals surface area contributed by atoms with E-state index in [0.717, 1.165) is 0 Å². The Balaban J connectivity index is 3.26. The van der Waals surface area contributed by atoms with Crippen molar-refractivity contribution in [1.29, 1.82) is 0 Å². The minimum absolute atomic E-state index is 0.256. The van der Waals surface area contributed by atoms with Crippen LogP contribution in [0, 0.1) is 19.7 Å². The van der Waals surface area contributed by atoms with E-state index in [1.807, 2.05) is 0 Å². The molecule has 0 spiro atoms. The van der Waals surface area contributed by atoms with E-state index in [2.05, 4.69) is 5.32 Å². The van der Waals surface area contributed by atoms with Crippen LogP contribution < -0.4 is 11.1 Å². The number of benzene rings is 1. The first-order valence-electron chi connectivity index (χ1n) is 3.97. The number of aliphatic hydroxyl groups excluding tert-OH is 1. The van der Waals surface area contributed by atoms with Crippen molar-refractivity contribution in [3.63, 3.8) is 0 Å². The van der Waals surface area contributed by atoms with E-state index in [1.165, 1.54) is 0 Å². The van der Waals surface area contributed by atoms with Gasteiger partial charge in [0.1, 0.15) is 12.5 Å². The molecular weight excluding hydrogens is 171 g/mol. The number of aryl methyl sites for hydroxylation is 1. The third-order valence-corrected chi connectivity index (χ3v) is 1.97. The Labute approximate surface area is 76.4 Å². The van der Waals surface area contributed by atoms with Gasteiger partial charge in [0.2, 0.25) is 0 Å². The second-order valence-corrected chi connectivity index (χ2v) is 2.93. The lowest BCUT2D eigenvalue weighted by atomic mass is 10.1. The van der Waals surface area contributed by atoms with Crippen LogP contribution in [0.2, 0.25) is 0 Å². The lowest BCUT2D eigenvalue weighted by Crippen LogP contribution is -2.07. The van der Waals surface area contributed by atoms with Crippen LogP contribution in [-0.4, -0.2) is 11.8 Å². The van der Waals surface area contributed by atoms with E-state index in [9.17, 15) is 4.39 Å². The highest BCUT2D eigenvalue weighted by Gasteiger charge is 2.10. The smallest absolute Gasteiger partial charge is 0.131 e. The van der Waals surface area contributed by atoms with Gasteiger partial charge in [0.25, 0.3) is 0 Å². The van der Waals surface area contributed by atoms with Gasteiger partial charge in [0, 0.05) is 5.56 Å². The fraction of sp³-hybridized carbons (Fsp3) is 0.333. The lowest BCUT2D eigenvalue weighted by molar-refractivity contribution is 0.325. The van der Waals surface area contributed by atoms with E-state index in [4.69, 9.17) is 10.8 Å². The molecule has 0 aliphatic carbocycles. The van der Waals surface area contributed by atoms with Crippen molar-refractivity contribution in [3.8, 4) is 0 Å². The number of rotatable bonds is 2. The van der Waals surface area contributed by atoms with Gasteiger partial charge in [-0.1, -0.05) is 0 Å². The van der Waals surface area contributed by atoms with Crippen LogP contribution in [0.25, 0.3) is 0 Å². The van der Waals surface area contributed by atoms with Gasteiger partial charge in [0.05, 0.1) is 11.4 Å². The van der Waals surface area contributed by atoms with Crippen molar-refractivity contribution in [3.05, 3.63) is 23.0 Å². The van der Waals surface area contributed by atoms with E-state index >= 15 is 0 Å². The molecule has 3 nitrogen and oxygen atoms in total. The Morgan fingerprint density at radius 1 is 1.54 bits per heavy atom. The third-order valence-electron chi connectivity index (χ3n) is 1.97. The molecule has 1 rings (SSSR count). The number of nitrogens with two attached hydrogens (primary N) is 1. The monoisotopic (exact) mass is 184 g/mol. The summed E-state index contributed by atoms with van der Waals surface area (Å²) in [4.78, 5) is 0. The Kier molecular flexibility index (Phi) is 2.72. The fourth-order valence-corrected chi connectivity index (χ4v) is 1.30. The Morgan fingerprint density at radius 3 is 2.69 bits per heavy atom. The first-order chi connectivity index (χ1) is 6.07. The summed E-state index contributed by atoms with van der Waals surface area (Å²) >= 11 is 0. The highest BCUT2D eigenvalue weighted by molar-refractivity contribution is 5.71. The quantitative estimate of drug-likeness (QED) is 0.481. The summed E-state index contributed by atoms with van der Waals surface area (Å²) in [6, 6.07) is 1.54. The van der Waals surface area contributed by atoms with Crippen molar-refractivity contribution >= 4 is 11.4 Å². The predicted octanol–water partition coefficient (Wildman–Crippen LogP) is 1.39. The van der Waals surface area contributed by atoms with Crippen LogP contribution in [-0.2, 0) is 0 Å². The van der Waals surface area contributed by atoms with Gasteiger partial charge in [0.15, 0.2) is 0 Å². The molecule has 0 unspecified atom stereocenters. The molecule has 4 heteroatoms. The van der Waals surface area contributed by atoms with Crippen LogP contribution in [0.5, 0.6) is 0 Å². The second-order valence-electron chi connectivity index (χ2n) is 2.93. The van der Waals surface area contributed by atoms with E-state index in [0.29, 0.717) is 22.5 Å². The summed E-state index contributed by atoms with van der Waals surface area (Å²) < 4.78 is 13.3. The number of anilines is 2. The van der Waals surface area contributed by atoms with Crippen LogP contribution in [0.15, 0.2) is 6.07 Å². The molecule has 0 aromatic heterocycles. The number of nitrogen functional groups attached to an aromatic ring is 1. The molecule has 0 aliphatic rings. The molecule has 0 atom stereocenters. The average Bonchev–Trinajstić information content (AvgIpc) is 2.09. The molecule has 0 saturated carbocycles. The Morgan fingerprint density at radius 2 is 2.15 bits per heavy atom. The van der Waals surface area contributed by atoms with Crippen molar-refractivity contribution in [1.82, 2.24) is 0 Å². The summed E-state index contributed by atoms with van der Waals surface area (Å²) in [6.45, 7) is 3.02. The maximum atomic E-state index is 13.3. The van der Waals surface area contributed by atoms with E-state index in [-0.39, 0.29) is 12.5 Å². The molecule has 0 bridgehead atoms. The Hall–Kier alpha value is -1.29. The minimum Gasteiger partial charge on any atom is -0.397 e. The van der Waals surface area contributed by atoms with Crippen molar-refractivity contribution in [2.75, 3.05) is 17.8 Å². The molecule has 4 N–H and O–H groups in total. The van der Waals surface area contributed by atoms with Gasteiger partial charge < -0.3 is 16.2 Å². The molecular formula is C9H13FN2O. The number of hydrogen-bond donors (Lipinski definition) is 3. The molecule has 72 valence electrons. The van der Waals surface area contributed by atoms with Gasteiger partial charge >= 0.3 is 0 Å². The molecule has 0 saturated heterocycles. The van der Waals surface area contributed by atoms with Crippen LogP contribution >= 0.6 is 0 Å². The summed E-state index contributed by atoms with van der Waals surface area (Å²) in [5.41, 5.74) is 7.50. The zero-order chi connectivity index (χ0) is 10.0. The maximum absolute atomic E-state index is 13.3.